The number of aliphatic carboxylic acids is 6. The van der Waals surface area contributed by atoms with E-state index in [9.17, 15) is 59.4 Å². The quantitative estimate of drug-likeness (QED) is 0.0408. The SMILES string of the molecule is CCCCCCCCCCCCCCCC(=O)[O-].CCCCCCCCCCCCCCCC(=O)[O-].CCCCCCCCCCCCCCCC(=O)[O-].CCCCCCCCCCCCCCCC(=O)[O-].CCCCCCCCCCCCCCCC(=O)[O-].CCCCCCCCCCCCCCCC(=O)[O-].[Mo]. The number of carboxylic acids is 6. The second-order valence-electron chi connectivity index (χ2n) is 32.2. The molecular weight excluding hydrogens is 1440 g/mol. The fourth-order valence-electron chi connectivity index (χ4n) is 13.7. The van der Waals surface area contributed by atoms with Gasteiger partial charge in [0.05, 0.1) is 0 Å². The van der Waals surface area contributed by atoms with Gasteiger partial charge in [0.15, 0.2) is 0 Å². The van der Waals surface area contributed by atoms with E-state index in [0.717, 1.165) is 77.0 Å². The number of carboxylic acid groups (broad SMARTS) is 6. The van der Waals surface area contributed by atoms with Crippen molar-refractivity contribution >= 4 is 35.8 Å². The molecule has 0 aromatic carbocycles. The van der Waals surface area contributed by atoms with E-state index in [2.05, 4.69) is 41.5 Å². The van der Waals surface area contributed by atoms with Crippen molar-refractivity contribution in [1.29, 1.82) is 0 Å². The average molecular weight is 1630 g/mol. The first-order chi connectivity index (χ1) is 52.6. The van der Waals surface area contributed by atoms with Crippen LogP contribution in [0, 0.1) is 0 Å². The van der Waals surface area contributed by atoms with Crippen LogP contribution in [0.3, 0.4) is 0 Å². The van der Waals surface area contributed by atoms with Crippen LogP contribution in [0.1, 0.15) is 581 Å². The first kappa shape index (κ1) is 120. The molecule has 0 aromatic heterocycles. The summed E-state index contributed by atoms with van der Waals surface area (Å²) in [6.07, 6.45) is 102. The molecule has 13 heteroatoms. The Morgan fingerprint density at radius 2 is 0.174 bits per heavy atom. The molecule has 12 nitrogen and oxygen atoms in total. The van der Waals surface area contributed by atoms with Crippen LogP contribution < -0.4 is 30.6 Å². The van der Waals surface area contributed by atoms with Gasteiger partial charge in [-0.05, 0) is 77.0 Å². The van der Waals surface area contributed by atoms with Crippen LogP contribution in [-0.2, 0) is 49.8 Å². The first-order valence-corrected chi connectivity index (χ1v) is 47.8. The van der Waals surface area contributed by atoms with E-state index in [4.69, 9.17) is 0 Å². The standard InChI is InChI=1S/6C16H32O2.Mo/c6*1-2-3-4-5-6-7-8-9-10-11-12-13-14-15-16(17)18;/h6*2-15H2,1H3,(H,17,18);/p-6. The Labute approximate surface area is 693 Å². The van der Waals surface area contributed by atoms with Crippen molar-refractivity contribution < 1.29 is 80.5 Å². The first-order valence-electron chi connectivity index (χ1n) is 47.8. The third kappa shape index (κ3) is 148. The van der Waals surface area contributed by atoms with Crippen molar-refractivity contribution in [2.24, 2.45) is 0 Å². The number of carbonyl (C=O) groups is 6. The van der Waals surface area contributed by atoms with Crippen molar-refractivity contribution in [2.45, 2.75) is 581 Å². The minimum Gasteiger partial charge on any atom is -0.550 e. The Morgan fingerprint density at radius 1 is 0.119 bits per heavy atom. The normalized spacial score (nSPS) is 10.6. The number of carbonyl (C=O) groups excluding carboxylic acids is 6. The van der Waals surface area contributed by atoms with Crippen molar-refractivity contribution in [2.75, 3.05) is 0 Å². The summed E-state index contributed by atoms with van der Waals surface area (Å²) >= 11 is 0. The summed E-state index contributed by atoms with van der Waals surface area (Å²) in [6, 6.07) is 0. The number of hydrogen-bond acceptors (Lipinski definition) is 12. The molecular formula is C96H186MoO12-6. The van der Waals surface area contributed by atoms with Crippen molar-refractivity contribution in [1.82, 2.24) is 0 Å². The molecule has 0 radical (unpaired) electrons. The molecule has 0 N–H and O–H groups in total. The molecule has 0 heterocycles. The molecule has 0 bridgehead atoms. The molecule has 0 spiro atoms. The minimum atomic E-state index is -0.905. The second-order valence-corrected chi connectivity index (χ2v) is 32.2. The third-order valence-electron chi connectivity index (χ3n) is 20.9. The summed E-state index contributed by atoms with van der Waals surface area (Å²) in [5, 5.41) is 61.1. The predicted octanol–water partition coefficient (Wildman–Crippen LogP) is 25.3. The smallest absolute Gasteiger partial charge is 0.0414 e. The number of unbranched alkanes of at least 4 members (excludes halogenated alkanes) is 72. The van der Waals surface area contributed by atoms with Gasteiger partial charge in [0.25, 0.3) is 0 Å². The van der Waals surface area contributed by atoms with Gasteiger partial charge in [0.1, 0.15) is 0 Å². The van der Waals surface area contributed by atoms with Gasteiger partial charge in [-0.3, -0.25) is 0 Å². The van der Waals surface area contributed by atoms with Gasteiger partial charge < -0.3 is 59.4 Å². The van der Waals surface area contributed by atoms with E-state index in [0.29, 0.717) is 0 Å². The molecule has 0 unspecified atom stereocenters. The molecule has 0 amide bonds. The summed E-state index contributed by atoms with van der Waals surface area (Å²) in [6.45, 7) is 13.5. The fraction of sp³-hybridized carbons (Fsp3) is 0.938. The average Bonchev–Trinajstić information content (AvgIpc) is 3.19. The Morgan fingerprint density at radius 3 is 0.229 bits per heavy atom. The zero-order valence-corrected chi connectivity index (χ0v) is 75.7. The monoisotopic (exact) mass is 1630 g/mol. The van der Waals surface area contributed by atoms with Gasteiger partial charge in [0.2, 0.25) is 0 Å². The number of hydrogen-bond donors (Lipinski definition) is 0. The van der Waals surface area contributed by atoms with E-state index < -0.39 is 35.8 Å². The zero-order chi connectivity index (χ0) is 80.9. The summed E-state index contributed by atoms with van der Waals surface area (Å²) < 4.78 is 0. The van der Waals surface area contributed by atoms with Gasteiger partial charge in [-0.25, -0.2) is 0 Å². The van der Waals surface area contributed by atoms with E-state index >= 15 is 0 Å². The number of rotatable bonds is 84. The van der Waals surface area contributed by atoms with E-state index in [1.54, 1.807) is 0 Å². The molecule has 0 aliphatic heterocycles. The van der Waals surface area contributed by atoms with Gasteiger partial charge in [-0.15, -0.1) is 0 Å². The van der Waals surface area contributed by atoms with Crippen LogP contribution in [0.2, 0.25) is 0 Å². The van der Waals surface area contributed by atoms with Crippen molar-refractivity contribution in [3.8, 4) is 0 Å². The fourth-order valence-corrected chi connectivity index (χ4v) is 13.7. The third-order valence-corrected chi connectivity index (χ3v) is 20.9. The molecule has 0 atom stereocenters. The van der Waals surface area contributed by atoms with Gasteiger partial charge in [-0.2, -0.15) is 0 Å². The Bertz CT molecular complexity index is 1390. The molecule has 0 saturated heterocycles. The Kier molecular flexibility index (Phi) is 128. The van der Waals surface area contributed by atoms with Gasteiger partial charge >= 0.3 is 0 Å². The largest absolute Gasteiger partial charge is 0.550 e. The van der Waals surface area contributed by atoms with Crippen LogP contribution in [0.4, 0.5) is 0 Å². The van der Waals surface area contributed by atoms with Crippen LogP contribution in [0.15, 0.2) is 0 Å². The zero-order valence-electron chi connectivity index (χ0n) is 73.7. The second kappa shape index (κ2) is 116. The molecule has 0 aliphatic carbocycles. The summed E-state index contributed by atoms with van der Waals surface area (Å²) in [7, 11) is 0. The van der Waals surface area contributed by atoms with E-state index in [-0.39, 0.29) is 59.6 Å². The molecule has 0 fully saturated rings. The molecule has 0 aromatic rings. The van der Waals surface area contributed by atoms with Crippen molar-refractivity contribution in [3.05, 3.63) is 0 Å². The van der Waals surface area contributed by atoms with Crippen LogP contribution in [-0.4, -0.2) is 35.8 Å². The maximum Gasteiger partial charge on any atom is 0.0414 e. The van der Waals surface area contributed by atoms with Crippen LogP contribution >= 0.6 is 0 Å². The summed E-state index contributed by atoms with van der Waals surface area (Å²) in [5.41, 5.74) is 0. The van der Waals surface area contributed by atoms with E-state index in [1.165, 1.54) is 424 Å². The van der Waals surface area contributed by atoms with Crippen molar-refractivity contribution in [3.63, 3.8) is 0 Å². The summed E-state index contributed by atoms with van der Waals surface area (Å²) in [5.74, 6) is -5.43. The molecule has 654 valence electrons. The van der Waals surface area contributed by atoms with Crippen LogP contribution in [0.5, 0.6) is 0 Å². The van der Waals surface area contributed by atoms with Crippen LogP contribution in [0.25, 0.3) is 0 Å². The Balaban J connectivity index is -0.000000229. The summed E-state index contributed by atoms with van der Waals surface area (Å²) in [4.78, 5) is 61.1. The Hall–Kier alpha value is -2.49. The molecule has 109 heavy (non-hydrogen) atoms. The molecule has 0 rings (SSSR count). The van der Waals surface area contributed by atoms with Gasteiger partial charge in [0, 0.05) is 56.9 Å². The maximum absolute atomic E-state index is 10.2. The topological polar surface area (TPSA) is 241 Å². The van der Waals surface area contributed by atoms with E-state index in [1.807, 2.05) is 0 Å². The minimum absolute atomic E-state index is 0. The predicted molar refractivity (Wildman–Crippen MR) is 452 cm³/mol. The molecule has 0 aliphatic rings. The maximum atomic E-state index is 10.2. The molecule has 0 saturated carbocycles. The van der Waals surface area contributed by atoms with Gasteiger partial charge in [-0.1, -0.05) is 504 Å².